The molecule has 0 radical (unpaired) electrons. The molecule has 0 bridgehead atoms. The molecule has 0 aliphatic heterocycles. The highest BCUT2D eigenvalue weighted by Crippen LogP contribution is 2.13. The smallest absolute Gasteiger partial charge is 0.240 e. The Morgan fingerprint density at radius 2 is 1.96 bits per heavy atom. The number of aryl methyl sites for hydroxylation is 1. The number of sulfonamides is 1. The molecule has 1 aromatic carbocycles. The first-order valence-corrected chi connectivity index (χ1v) is 9.83. The second-order valence-corrected chi connectivity index (χ2v) is 7.03. The molecule has 2 aromatic rings. The SMILES string of the molecule is CC.Cc1cnc(Cl)nc1NCCCNS(=O)(=O)c1cccc(N)c1. The number of aromatic nitrogens is 2. The van der Waals surface area contributed by atoms with E-state index in [1.54, 1.807) is 18.3 Å². The normalized spacial score (nSPS) is 10.7. The molecular formula is C16H24ClN5O2S. The summed E-state index contributed by atoms with van der Waals surface area (Å²) in [6.07, 6.45) is 2.21. The van der Waals surface area contributed by atoms with Crippen LogP contribution < -0.4 is 15.8 Å². The third-order valence-electron chi connectivity index (χ3n) is 3.05. The lowest BCUT2D eigenvalue weighted by molar-refractivity contribution is 0.580. The van der Waals surface area contributed by atoms with Crippen LogP contribution in [0.4, 0.5) is 11.5 Å². The van der Waals surface area contributed by atoms with Crippen molar-refractivity contribution >= 4 is 33.1 Å². The Balaban J connectivity index is 0.00000151. The van der Waals surface area contributed by atoms with E-state index in [1.807, 2.05) is 20.8 Å². The quantitative estimate of drug-likeness (QED) is 0.384. The first kappa shape index (κ1) is 21.1. The van der Waals surface area contributed by atoms with Gasteiger partial charge in [-0.25, -0.2) is 23.1 Å². The Hall–Kier alpha value is -1.90. The van der Waals surface area contributed by atoms with Crippen molar-refractivity contribution in [2.45, 2.75) is 32.1 Å². The van der Waals surface area contributed by atoms with Gasteiger partial charge in [0.1, 0.15) is 5.82 Å². The summed E-state index contributed by atoms with van der Waals surface area (Å²) >= 11 is 5.73. The lowest BCUT2D eigenvalue weighted by Gasteiger charge is -2.09. The van der Waals surface area contributed by atoms with E-state index in [1.165, 1.54) is 12.1 Å². The number of rotatable bonds is 7. The molecule has 9 heteroatoms. The van der Waals surface area contributed by atoms with Crippen molar-refractivity contribution in [3.8, 4) is 0 Å². The Morgan fingerprint density at radius 3 is 2.64 bits per heavy atom. The number of nitrogen functional groups attached to an aromatic ring is 1. The Morgan fingerprint density at radius 1 is 1.24 bits per heavy atom. The van der Waals surface area contributed by atoms with E-state index in [0.717, 1.165) is 5.56 Å². The highest BCUT2D eigenvalue weighted by molar-refractivity contribution is 7.89. The number of nitrogens with two attached hydrogens (primary N) is 1. The minimum Gasteiger partial charge on any atom is -0.399 e. The van der Waals surface area contributed by atoms with Crippen LogP contribution in [0.3, 0.4) is 0 Å². The predicted molar refractivity (Wildman–Crippen MR) is 102 cm³/mol. The summed E-state index contributed by atoms with van der Waals surface area (Å²) in [7, 11) is -3.55. The van der Waals surface area contributed by atoms with E-state index in [9.17, 15) is 8.42 Å². The van der Waals surface area contributed by atoms with Gasteiger partial charge in [0.2, 0.25) is 15.3 Å². The highest BCUT2D eigenvalue weighted by Gasteiger charge is 2.13. The number of hydrogen-bond donors (Lipinski definition) is 3. The van der Waals surface area contributed by atoms with Crippen molar-refractivity contribution in [2.75, 3.05) is 24.1 Å². The molecule has 0 aliphatic rings. The third kappa shape index (κ3) is 6.85. The third-order valence-corrected chi connectivity index (χ3v) is 4.69. The second kappa shape index (κ2) is 10.2. The molecule has 25 heavy (non-hydrogen) atoms. The summed E-state index contributed by atoms with van der Waals surface area (Å²) in [5.41, 5.74) is 6.88. The number of hydrogen-bond acceptors (Lipinski definition) is 6. The fourth-order valence-corrected chi connectivity index (χ4v) is 3.13. The highest BCUT2D eigenvalue weighted by atomic mass is 35.5. The van der Waals surface area contributed by atoms with Crippen LogP contribution in [0.1, 0.15) is 25.8 Å². The predicted octanol–water partition coefficient (Wildman–Crippen LogP) is 2.83. The van der Waals surface area contributed by atoms with Crippen molar-refractivity contribution in [1.82, 2.24) is 14.7 Å². The molecule has 4 N–H and O–H groups in total. The van der Waals surface area contributed by atoms with Crippen molar-refractivity contribution in [3.63, 3.8) is 0 Å². The molecule has 0 saturated carbocycles. The van der Waals surface area contributed by atoms with E-state index in [4.69, 9.17) is 17.3 Å². The Labute approximate surface area is 154 Å². The fraction of sp³-hybridized carbons (Fsp3) is 0.375. The van der Waals surface area contributed by atoms with E-state index in [2.05, 4.69) is 20.0 Å². The zero-order chi connectivity index (χ0) is 18.9. The standard InChI is InChI=1S/C14H18ClN5O2S.C2H6/c1-10-9-18-14(15)20-13(10)17-6-3-7-19-23(21,22)12-5-2-4-11(16)8-12;1-2/h2,4-5,8-9,19H,3,6-7,16H2,1H3,(H,17,18,20);1-2H3. The maximum Gasteiger partial charge on any atom is 0.240 e. The molecule has 0 fully saturated rings. The number of nitrogens with zero attached hydrogens (tertiary/aromatic N) is 2. The first-order chi connectivity index (χ1) is 11.9. The molecular weight excluding hydrogens is 362 g/mol. The van der Waals surface area contributed by atoms with Gasteiger partial charge in [-0.2, -0.15) is 0 Å². The first-order valence-electron chi connectivity index (χ1n) is 7.97. The average Bonchev–Trinajstić information content (AvgIpc) is 2.59. The number of halogens is 1. The Bertz CT molecular complexity index is 784. The molecule has 1 heterocycles. The largest absolute Gasteiger partial charge is 0.399 e. The molecule has 7 nitrogen and oxygen atoms in total. The van der Waals surface area contributed by atoms with Crippen LogP contribution in [0.2, 0.25) is 5.28 Å². The summed E-state index contributed by atoms with van der Waals surface area (Å²) in [4.78, 5) is 8.09. The van der Waals surface area contributed by atoms with Gasteiger partial charge >= 0.3 is 0 Å². The van der Waals surface area contributed by atoms with Gasteiger partial charge in [0.25, 0.3) is 0 Å². The van der Waals surface area contributed by atoms with Gasteiger partial charge in [-0.1, -0.05) is 19.9 Å². The van der Waals surface area contributed by atoms with Gasteiger partial charge in [0.15, 0.2) is 0 Å². The summed E-state index contributed by atoms with van der Waals surface area (Å²) in [6, 6.07) is 6.17. The summed E-state index contributed by atoms with van der Waals surface area (Å²) in [5.74, 6) is 0.642. The second-order valence-electron chi connectivity index (χ2n) is 4.92. The number of nitrogens with one attached hydrogen (secondary N) is 2. The van der Waals surface area contributed by atoms with Crippen molar-refractivity contribution in [3.05, 3.63) is 41.3 Å². The van der Waals surface area contributed by atoms with Crippen LogP contribution in [0, 0.1) is 6.92 Å². The lowest BCUT2D eigenvalue weighted by Crippen LogP contribution is -2.26. The van der Waals surface area contributed by atoms with Crippen LogP contribution >= 0.6 is 11.6 Å². The summed E-state index contributed by atoms with van der Waals surface area (Å²) < 4.78 is 26.7. The molecule has 2 rings (SSSR count). The summed E-state index contributed by atoms with van der Waals surface area (Å²) in [6.45, 7) is 6.71. The monoisotopic (exact) mass is 385 g/mol. The van der Waals surface area contributed by atoms with Crippen LogP contribution in [-0.4, -0.2) is 31.5 Å². The van der Waals surface area contributed by atoms with Gasteiger partial charge in [0.05, 0.1) is 4.90 Å². The zero-order valence-electron chi connectivity index (χ0n) is 14.6. The molecule has 0 unspecified atom stereocenters. The topological polar surface area (TPSA) is 110 Å². The van der Waals surface area contributed by atoms with Gasteiger partial charge in [-0.05, 0) is 43.1 Å². The van der Waals surface area contributed by atoms with E-state index in [-0.39, 0.29) is 10.2 Å². The molecule has 0 aliphatic carbocycles. The number of anilines is 2. The van der Waals surface area contributed by atoms with Crippen LogP contribution in [0.25, 0.3) is 0 Å². The van der Waals surface area contributed by atoms with Crippen molar-refractivity contribution in [2.24, 2.45) is 0 Å². The van der Waals surface area contributed by atoms with Gasteiger partial charge in [0, 0.05) is 30.5 Å². The molecule has 138 valence electrons. The van der Waals surface area contributed by atoms with Crippen LogP contribution in [0.5, 0.6) is 0 Å². The molecule has 0 atom stereocenters. The van der Waals surface area contributed by atoms with Crippen LogP contribution in [0.15, 0.2) is 35.4 Å². The molecule has 0 spiro atoms. The average molecular weight is 386 g/mol. The van der Waals surface area contributed by atoms with Crippen molar-refractivity contribution < 1.29 is 8.42 Å². The molecule has 0 saturated heterocycles. The number of benzene rings is 1. The zero-order valence-corrected chi connectivity index (χ0v) is 16.2. The fourth-order valence-electron chi connectivity index (χ4n) is 1.87. The van der Waals surface area contributed by atoms with Gasteiger partial charge in [-0.3, -0.25) is 0 Å². The lowest BCUT2D eigenvalue weighted by atomic mass is 10.3. The maximum atomic E-state index is 12.1. The van der Waals surface area contributed by atoms with Crippen molar-refractivity contribution in [1.29, 1.82) is 0 Å². The van der Waals surface area contributed by atoms with E-state index < -0.39 is 10.0 Å². The minimum atomic E-state index is -3.55. The van der Waals surface area contributed by atoms with Gasteiger partial charge < -0.3 is 11.1 Å². The molecule has 0 amide bonds. The summed E-state index contributed by atoms with van der Waals surface area (Å²) in [5, 5.41) is 3.27. The van der Waals surface area contributed by atoms with Crippen LogP contribution in [-0.2, 0) is 10.0 Å². The Kier molecular flexibility index (Phi) is 8.60. The molecule has 1 aromatic heterocycles. The minimum absolute atomic E-state index is 0.156. The van der Waals surface area contributed by atoms with E-state index in [0.29, 0.717) is 31.0 Å². The van der Waals surface area contributed by atoms with E-state index >= 15 is 0 Å². The maximum absolute atomic E-state index is 12.1. The van der Waals surface area contributed by atoms with Gasteiger partial charge in [-0.15, -0.1) is 0 Å².